The molecule has 0 fully saturated rings. The fraction of sp³-hybridized carbons (Fsp3) is 0.600. The molecule has 1 aromatic carbocycles. The maximum absolute atomic E-state index is 13.3. The Labute approximate surface area is 122 Å². The van der Waals surface area contributed by atoms with Crippen molar-refractivity contribution in [2.75, 3.05) is 13.2 Å². The Balaban J connectivity index is 2.64. The highest BCUT2D eigenvalue weighted by Gasteiger charge is 2.26. The van der Waals surface area contributed by atoms with E-state index in [-0.39, 0.29) is 19.1 Å². The zero-order valence-electron chi connectivity index (χ0n) is 12.3. The third-order valence-corrected chi connectivity index (χ3v) is 3.00. The van der Waals surface area contributed by atoms with E-state index in [1.54, 1.807) is 6.07 Å². The minimum absolute atomic E-state index is 0.0526. The molecule has 1 rings (SSSR count). The number of hydrogen-bond donors (Lipinski definition) is 1. The molecule has 0 aliphatic rings. The first kappa shape index (κ1) is 17.8. The molecule has 1 unspecified atom stereocenters. The normalized spacial score (nSPS) is 13.2. The number of hydrogen-bond acceptors (Lipinski definition) is 2. The number of alkyl halides is 3. The second-order valence-electron chi connectivity index (χ2n) is 4.93. The lowest BCUT2D eigenvalue weighted by Crippen LogP contribution is -2.20. The van der Waals surface area contributed by atoms with Crippen LogP contribution in [0.1, 0.15) is 44.7 Å². The molecule has 1 N–H and O–H groups in total. The van der Waals surface area contributed by atoms with Crippen molar-refractivity contribution < 1.29 is 22.3 Å². The van der Waals surface area contributed by atoms with Crippen LogP contribution in [0, 0.1) is 5.82 Å². The van der Waals surface area contributed by atoms with Gasteiger partial charge in [-0.1, -0.05) is 13.0 Å². The summed E-state index contributed by atoms with van der Waals surface area (Å²) in [4.78, 5) is 0. The lowest BCUT2D eigenvalue weighted by molar-refractivity contribution is -0.136. The molecule has 0 saturated heterocycles. The molecule has 120 valence electrons. The van der Waals surface area contributed by atoms with Crippen molar-refractivity contribution in [1.82, 2.24) is 5.32 Å². The third-order valence-electron chi connectivity index (χ3n) is 3.00. The topological polar surface area (TPSA) is 21.3 Å². The van der Waals surface area contributed by atoms with Gasteiger partial charge in [-0.3, -0.25) is 0 Å². The van der Waals surface area contributed by atoms with Crippen molar-refractivity contribution >= 4 is 0 Å². The van der Waals surface area contributed by atoms with Crippen LogP contribution in [0.2, 0.25) is 0 Å². The first-order valence-corrected chi connectivity index (χ1v) is 7.06. The molecule has 0 aliphatic carbocycles. The summed E-state index contributed by atoms with van der Waals surface area (Å²) >= 11 is 0. The van der Waals surface area contributed by atoms with E-state index in [1.165, 1.54) is 12.1 Å². The van der Waals surface area contributed by atoms with Gasteiger partial charge in [0.05, 0.1) is 6.61 Å². The van der Waals surface area contributed by atoms with Gasteiger partial charge < -0.3 is 10.1 Å². The zero-order chi connectivity index (χ0) is 15.9. The fourth-order valence-corrected chi connectivity index (χ4v) is 1.92. The highest BCUT2D eigenvalue weighted by Crippen LogP contribution is 2.27. The van der Waals surface area contributed by atoms with Crippen LogP contribution in [0.3, 0.4) is 0 Å². The van der Waals surface area contributed by atoms with Crippen LogP contribution in [0.25, 0.3) is 0 Å². The average Bonchev–Trinajstić information content (AvgIpc) is 2.40. The summed E-state index contributed by atoms with van der Waals surface area (Å²) in [5.41, 5.74) is 0.747. The van der Waals surface area contributed by atoms with Crippen LogP contribution < -0.4 is 10.1 Å². The van der Waals surface area contributed by atoms with Crippen molar-refractivity contribution in [2.45, 2.75) is 45.3 Å². The van der Waals surface area contributed by atoms with E-state index in [9.17, 15) is 17.6 Å². The van der Waals surface area contributed by atoms with E-state index < -0.39 is 18.4 Å². The maximum atomic E-state index is 13.3. The summed E-state index contributed by atoms with van der Waals surface area (Å²) in [5, 5.41) is 3.24. The number of rotatable bonds is 8. The Morgan fingerprint density at radius 2 is 2.00 bits per heavy atom. The molecule has 0 heterocycles. The zero-order valence-corrected chi connectivity index (χ0v) is 12.3. The molecule has 0 radical (unpaired) electrons. The molecule has 1 aromatic rings. The van der Waals surface area contributed by atoms with Gasteiger partial charge in [-0.15, -0.1) is 0 Å². The Morgan fingerprint density at radius 1 is 1.29 bits per heavy atom. The second-order valence-corrected chi connectivity index (χ2v) is 4.93. The van der Waals surface area contributed by atoms with Gasteiger partial charge in [-0.25, -0.2) is 4.39 Å². The Bertz CT molecular complexity index is 434. The van der Waals surface area contributed by atoms with E-state index in [4.69, 9.17) is 4.74 Å². The van der Waals surface area contributed by atoms with Crippen molar-refractivity contribution in [3.63, 3.8) is 0 Å². The minimum atomic E-state index is -4.19. The van der Waals surface area contributed by atoms with Crippen molar-refractivity contribution in [2.24, 2.45) is 0 Å². The number of nitrogens with one attached hydrogen (secondary N) is 1. The summed E-state index contributed by atoms with van der Waals surface area (Å²) < 4.78 is 54.8. The number of halogens is 4. The van der Waals surface area contributed by atoms with E-state index in [0.29, 0.717) is 5.75 Å². The molecule has 6 heteroatoms. The van der Waals surface area contributed by atoms with Crippen LogP contribution in [-0.2, 0) is 0 Å². The van der Waals surface area contributed by atoms with Gasteiger partial charge in [0.25, 0.3) is 0 Å². The van der Waals surface area contributed by atoms with Crippen LogP contribution >= 0.6 is 0 Å². The monoisotopic (exact) mass is 307 g/mol. The summed E-state index contributed by atoms with van der Waals surface area (Å²) in [6.07, 6.45) is -4.28. The molecule has 0 saturated carbocycles. The van der Waals surface area contributed by atoms with Crippen LogP contribution in [0.5, 0.6) is 5.75 Å². The maximum Gasteiger partial charge on any atom is 0.389 e. The molecule has 0 amide bonds. The van der Waals surface area contributed by atoms with Crippen LogP contribution in [0.15, 0.2) is 18.2 Å². The fourth-order valence-electron chi connectivity index (χ4n) is 1.92. The van der Waals surface area contributed by atoms with Crippen molar-refractivity contribution in [3.05, 3.63) is 29.6 Å². The van der Waals surface area contributed by atoms with Gasteiger partial charge in [0.1, 0.15) is 11.6 Å². The van der Waals surface area contributed by atoms with E-state index in [2.05, 4.69) is 5.32 Å². The first-order chi connectivity index (χ1) is 9.83. The van der Waals surface area contributed by atoms with Crippen LogP contribution in [-0.4, -0.2) is 19.3 Å². The molecule has 0 spiro atoms. The number of ether oxygens (including phenoxy) is 1. The largest absolute Gasteiger partial charge is 0.493 e. The van der Waals surface area contributed by atoms with E-state index in [0.717, 1.165) is 18.5 Å². The van der Waals surface area contributed by atoms with E-state index in [1.807, 2.05) is 13.8 Å². The van der Waals surface area contributed by atoms with Gasteiger partial charge in [-0.2, -0.15) is 13.2 Å². The molecule has 2 nitrogen and oxygen atoms in total. The molecule has 0 bridgehead atoms. The summed E-state index contributed by atoms with van der Waals surface area (Å²) in [6, 6.07) is 4.08. The first-order valence-electron chi connectivity index (χ1n) is 7.06. The standard InChI is InChI=1S/C15H21F4NO/c1-3-8-20-11(2)13-6-5-12(16)10-14(13)21-9-4-7-15(17,18)19/h5-6,10-11,20H,3-4,7-9H2,1-2H3. The van der Waals surface area contributed by atoms with Crippen molar-refractivity contribution in [3.8, 4) is 5.75 Å². The third kappa shape index (κ3) is 6.80. The highest BCUT2D eigenvalue weighted by atomic mass is 19.4. The van der Waals surface area contributed by atoms with E-state index >= 15 is 0 Å². The molecular weight excluding hydrogens is 286 g/mol. The van der Waals surface area contributed by atoms with Crippen LogP contribution in [0.4, 0.5) is 17.6 Å². The summed E-state index contributed by atoms with van der Waals surface area (Å²) in [5.74, 6) is -0.166. The molecule has 0 aliphatic heterocycles. The molecule has 21 heavy (non-hydrogen) atoms. The summed E-state index contributed by atoms with van der Waals surface area (Å²) in [7, 11) is 0. The molecule has 1 atom stereocenters. The lowest BCUT2D eigenvalue weighted by atomic mass is 10.1. The predicted octanol–water partition coefficient (Wildman–Crippen LogP) is 4.61. The Morgan fingerprint density at radius 3 is 2.62 bits per heavy atom. The molecular formula is C15H21F4NO. The lowest BCUT2D eigenvalue weighted by Gasteiger charge is -2.18. The Kier molecular flexibility index (Phi) is 6.95. The molecule has 0 aromatic heterocycles. The van der Waals surface area contributed by atoms with Gasteiger partial charge >= 0.3 is 6.18 Å². The van der Waals surface area contributed by atoms with Gasteiger partial charge in [0, 0.05) is 24.1 Å². The van der Waals surface area contributed by atoms with Crippen molar-refractivity contribution in [1.29, 1.82) is 0 Å². The highest BCUT2D eigenvalue weighted by molar-refractivity contribution is 5.36. The minimum Gasteiger partial charge on any atom is -0.493 e. The van der Waals surface area contributed by atoms with Gasteiger partial charge in [0.2, 0.25) is 0 Å². The van der Waals surface area contributed by atoms with Gasteiger partial charge in [-0.05, 0) is 32.4 Å². The smallest absolute Gasteiger partial charge is 0.389 e. The Hall–Kier alpha value is -1.30. The second kappa shape index (κ2) is 8.22. The van der Waals surface area contributed by atoms with Gasteiger partial charge in [0.15, 0.2) is 0 Å². The predicted molar refractivity (Wildman–Crippen MR) is 73.9 cm³/mol. The number of benzene rings is 1. The quantitative estimate of drug-likeness (QED) is 0.559. The summed E-state index contributed by atoms with van der Waals surface area (Å²) in [6.45, 7) is 4.65. The SMILES string of the molecule is CCCNC(C)c1ccc(F)cc1OCCCC(F)(F)F. The average molecular weight is 307 g/mol.